The summed E-state index contributed by atoms with van der Waals surface area (Å²) in [5.41, 5.74) is 2.50. The third-order valence-electron chi connectivity index (χ3n) is 5.44. The average Bonchev–Trinajstić information content (AvgIpc) is 3.18. The minimum absolute atomic E-state index is 0.158. The maximum absolute atomic E-state index is 12.9. The fraction of sp³-hybridized carbons (Fsp3) is 0.391. The number of nitrogens with zero attached hydrogens (tertiary/aromatic N) is 3. The monoisotopic (exact) mass is 408 g/mol. The van der Waals surface area contributed by atoms with Crippen LogP contribution in [0.15, 0.2) is 48.5 Å². The molecule has 0 aliphatic carbocycles. The normalized spacial score (nSPS) is 14.7. The smallest absolute Gasteiger partial charge is 0.272 e. The van der Waals surface area contributed by atoms with Gasteiger partial charge in [-0.1, -0.05) is 42.5 Å². The fourth-order valence-electron chi connectivity index (χ4n) is 3.81. The van der Waals surface area contributed by atoms with E-state index in [0.29, 0.717) is 18.8 Å². The van der Waals surface area contributed by atoms with E-state index >= 15 is 0 Å². The molecule has 3 aromatic rings. The van der Waals surface area contributed by atoms with E-state index in [-0.39, 0.29) is 5.91 Å². The number of rotatable bonds is 8. The Bertz CT molecular complexity index is 981. The number of hydrogen-bond donors (Lipinski definition) is 1. The Morgan fingerprint density at radius 3 is 2.67 bits per heavy atom. The van der Waals surface area contributed by atoms with Crippen molar-refractivity contribution in [3.8, 4) is 5.75 Å². The molecule has 1 fully saturated rings. The lowest BCUT2D eigenvalue weighted by atomic mass is 10.1. The molecule has 4 rings (SSSR count). The van der Waals surface area contributed by atoms with E-state index in [1.165, 1.54) is 5.56 Å². The zero-order valence-corrected chi connectivity index (χ0v) is 17.3. The van der Waals surface area contributed by atoms with Gasteiger partial charge in [0.25, 0.3) is 5.91 Å². The van der Waals surface area contributed by atoms with Crippen LogP contribution in [0.3, 0.4) is 0 Å². The molecule has 2 aromatic carbocycles. The average molecular weight is 409 g/mol. The van der Waals surface area contributed by atoms with Gasteiger partial charge < -0.3 is 14.8 Å². The molecule has 7 heteroatoms. The number of methoxy groups -OCH3 is 1. The zero-order valence-electron chi connectivity index (χ0n) is 17.3. The number of carbonyl (C=O) groups excluding carboxylic acids is 1. The van der Waals surface area contributed by atoms with Crippen LogP contribution in [0.4, 0.5) is 0 Å². The topological polar surface area (TPSA) is 68.6 Å². The molecule has 1 amide bonds. The summed E-state index contributed by atoms with van der Waals surface area (Å²) in [5.74, 6) is 0.569. The van der Waals surface area contributed by atoms with Gasteiger partial charge in [-0.3, -0.25) is 14.4 Å². The lowest BCUT2D eigenvalue weighted by Gasteiger charge is -2.26. The summed E-state index contributed by atoms with van der Waals surface area (Å²) >= 11 is 0. The van der Waals surface area contributed by atoms with Gasteiger partial charge >= 0.3 is 0 Å². The highest BCUT2D eigenvalue weighted by atomic mass is 16.5. The molecule has 1 aliphatic heterocycles. The highest BCUT2D eigenvalue weighted by Gasteiger charge is 2.20. The van der Waals surface area contributed by atoms with Crippen LogP contribution in [0, 0.1) is 0 Å². The number of benzene rings is 2. The van der Waals surface area contributed by atoms with Crippen LogP contribution in [-0.2, 0) is 17.7 Å². The summed E-state index contributed by atoms with van der Waals surface area (Å²) in [4.78, 5) is 15.3. The number of fused-ring (bicyclic) bond motifs is 1. The lowest BCUT2D eigenvalue weighted by molar-refractivity contribution is 0.0361. The van der Waals surface area contributed by atoms with Crippen LogP contribution in [0.5, 0.6) is 5.75 Å². The van der Waals surface area contributed by atoms with E-state index in [9.17, 15) is 4.79 Å². The van der Waals surface area contributed by atoms with Crippen LogP contribution < -0.4 is 10.1 Å². The van der Waals surface area contributed by atoms with Crippen molar-refractivity contribution in [3.05, 3.63) is 59.8 Å². The number of para-hydroxylation sites is 1. The van der Waals surface area contributed by atoms with Crippen molar-refractivity contribution in [2.45, 2.75) is 13.0 Å². The molecule has 2 heterocycles. The molecule has 0 radical (unpaired) electrons. The van der Waals surface area contributed by atoms with Crippen molar-refractivity contribution in [1.82, 2.24) is 20.0 Å². The van der Waals surface area contributed by atoms with Crippen LogP contribution in [-0.4, -0.2) is 67.1 Å². The number of nitrogens with one attached hydrogen (secondary N) is 1. The molecule has 7 nitrogen and oxygen atoms in total. The van der Waals surface area contributed by atoms with Gasteiger partial charge in [0.15, 0.2) is 5.69 Å². The molecule has 1 N–H and O–H groups in total. The van der Waals surface area contributed by atoms with Gasteiger partial charge in [0.05, 0.1) is 26.9 Å². The van der Waals surface area contributed by atoms with Crippen molar-refractivity contribution < 1.29 is 14.3 Å². The Balaban J connectivity index is 1.51. The van der Waals surface area contributed by atoms with E-state index in [1.807, 2.05) is 41.1 Å². The number of morpholine rings is 1. The SMILES string of the molecule is COc1cccc2c(C(=O)NCCc3ccccc3)nn(CCN3CCOCC3)c12. The summed E-state index contributed by atoms with van der Waals surface area (Å²) < 4.78 is 12.9. The summed E-state index contributed by atoms with van der Waals surface area (Å²) in [7, 11) is 1.65. The molecule has 1 aliphatic rings. The quantitative estimate of drug-likeness (QED) is 0.620. The van der Waals surface area contributed by atoms with E-state index in [1.54, 1.807) is 7.11 Å². The Morgan fingerprint density at radius 1 is 1.10 bits per heavy atom. The van der Waals surface area contributed by atoms with Crippen LogP contribution >= 0.6 is 0 Å². The second kappa shape index (κ2) is 9.73. The Kier molecular flexibility index (Phi) is 6.61. The molecule has 0 saturated carbocycles. The van der Waals surface area contributed by atoms with E-state index in [0.717, 1.165) is 55.9 Å². The molecule has 0 atom stereocenters. The van der Waals surface area contributed by atoms with Gasteiger partial charge in [-0.05, 0) is 18.1 Å². The standard InChI is InChI=1S/C23H28N4O3/c1-29-20-9-5-8-19-21(23(28)24-11-10-18-6-3-2-4-7-18)25-27(22(19)20)13-12-26-14-16-30-17-15-26/h2-9H,10-17H2,1H3,(H,24,28). The number of carbonyl (C=O) groups is 1. The first kappa shape index (κ1) is 20.4. The molecular weight excluding hydrogens is 380 g/mol. The first-order valence-corrected chi connectivity index (χ1v) is 10.4. The number of hydrogen-bond acceptors (Lipinski definition) is 5. The van der Waals surface area contributed by atoms with Gasteiger partial charge in [-0.15, -0.1) is 0 Å². The highest BCUT2D eigenvalue weighted by molar-refractivity contribution is 6.06. The number of amides is 1. The predicted molar refractivity (Wildman–Crippen MR) is 116 cm³/mol. The summed E-state index contributed by atoms with van der Waals surface area (Å²) in [6.45, 7) is 5.47. The summed E-state index contributed by atoms with van der Waals surface area (Å²) in [5, 5.41) is 8.50. The van der Waals surface area contributed by atoms with Crippen molar-refractivity contribution in [3.63, 3.8) is 0 Å². The van der Waals surface area contributed by atoms with Crippen LogP contribution in [0.1, 0.15) is 16.1 Å². The Labute approximate surface area is 176 Å². The molecular formula is C23H28N4O3. The molecule has 1 saturated heterocycles. The molecule has 1 aromatic heterocycles. The van der Waals surface area contributed by atoms with E-state index in [2.05, 4.69) is 27.4 Å². The van der Waals surface area contributed by atoms with Crippen molar-refractivity contribution in [1.29, 1.82) is 0 Å². The minimum atomic E-state index is -0.158. The fourth-order valence-corrected chi connectivity index (χ4v) is 3.81. The van der Waals surface area contributed by atoms with Gasteiger partial charge in [0, 0.05) is 31.6 Å². The molecule has 30 heavy (non-hydrogen) atoms. The van der Waals surface area contributed by atoms with E-state index in [4.69, 9.17) is 9.47 Å². The van der Waals surface area contributed by atoms with Crippen LogP contribution in [0.25, 0.3) is 10.9 Å². The maximum Gasteiger partial charge on any atom is 0.272 e. The Hall–Kier alpha value is -2.90. The van der Waals surface area contributed by atoms with Gasteiger partial charge in [-0.25, -0.2) is 0 Å². The largest absolute Gasteiger partial charge is 0.494 e. The van der Waals surface area contributed by atoms with E-state index < -0.39 is 0 Å². The predicted octanol–water partition coefficient (Wildman–Crippen LogP) is 2.35. The van der Waals surface area contributed by atoms with Crippen molar-refractivity contribution >= 4 is 16.8 Å². The number of aromatic nitrogens is 2. The first-order valence-electron chi connectivity index (χ1n) is 10.4. The second-order valence-electron chi connectivity index (χ2n) is 7.37. The molecule has 0 unspecified atom stereocenters. The third kappa shape index (κ3) is 4.63. The van der Waals surface area contributed by atoms with Crippen molar-refractivity contribution in [2.24, 2.45) is 0 Å². The maximum atomic E-state index is 12.9. The molecule has 158 valence electrons. The van der Waals surface area contributed by atoms with Gasteiger partial charge in [0.1, 0.15) is 11.3 Å². The first-order chi connectivity index (χ1) is 14.8. The molecule has 0 spiro atoms. The van der Waals surface area contributed by atoms with Crippen molar-refractivity contribution in [2.75, 3.05) is 46.5 Å². The minimum Gasteiger partial charge on any atom is -0.494 e. The second-order valence-corrected chi connectivity index (χ2v) is 7.37. The third-order valence-corrected chi connectivity index (χ3v) is 5.44. The summed E-state index contributed by atoms with van der Waals surface area (Å²) in [6.07, 6.45) is 0.783. The lowest BCUT2D eigenvalue weighted by Crippen LogP contribution is -2.38. The number of ether oxygens (including phenoxy) is 2. The van der Waals surface area contributed by atoms with Crippen LogP contribution in [0.2, 0.25) is 0 Å². The highest BCUT2D eigenvalue weighted by Crippen LogP contribution is 2.28. The zero-order chi connectivity index (χ0) is 20.8. The molecule has 0 bridgehead atoms. The summed E-state index contributed by atoms with van der Waals surface area (Å²) in [6, 6.07) is 15.9. The van der Waals surface area contributed by atoms with Gasteiger partial charge in [0.2, 0.25) is 0 Å². The Morgan fingerprint density at radius 2 is 1.90 bits per heavy atom. The van der Waals surface area contributed by atoms with Gasteiger partial charge in [-0.2, -0.15) is 5.10 Å².